The Bertz CT molecular complexity index is 941. The van der Waals surface area contributed by atoms with E-state index < -0.39 is 0 Å². The smallest absolute Gasteiger partial charge is 0.230 e. The Labute approximate surface area is 173 Å². The van der Waals surface area contributed by atoms with Gasteiger partial charge in [-0.05, 0) is 42.8 Å². The van der Waals surface area contributed by atoms with Crippen LogP contribution in [0.5, 0.6) is 5.75 Å². The summed E-state index contributed by atoms with van der Waals surface area (Å²) in [4.78, 5) is 16.6. The summed E-state index contributed by atoms with van der Waals surface area (Å²) in [5.41, 5.74) is 2.71. The Kier molecular flexibility index (Phi) is 7.01. The summed E-state index contributed by atoms with van der Waals surface area (Å²) < 4.78 is 11.0. The van der Waals surface area contributed by atoms with Crippen molar-refractivity contribution in [1.82, 2.24) is 10.3 Å². The Morgan fingerprint density at radius 3 is 2.79 bits per heavy atom. The van der Waals surface area contributed by atoms with E-state index in [2.05, 4.69) is 10.3 Å². The van der Waals surface area contributed by atoms with Crippen LogP contribution >= 0.6 is 23.4 Å². The maximum Gasteiger partial charge on any atom is 0.230 e. The van der Waals surface area contributed by atoms with Crippen LogP contribution in [0.2, 0.25) is 5.02 Å². The molecule has 5 nitrogen and oxygen atoms in total. The van der Waals surface area contributed by atoms with Crippen LogP contribution < -0.4 is 10.1 Å². The lowest BCUT2D eigenvalue weighted by Gasteiger charge is -2.05. The number of nitrogens with one attached hydrogen (secondary N) is 1. The van der Waals surface area contributed by atoms with E-state index in [1.165, 1.54) is 11.8 Å². The highest BCUT2D eigenvalue weighted by Gasteiger charge is 2.13. The first-order valence-electron chi connectivity index (χ1n) is 8.75. The number of carbonyl (C=O) groups excluding carboxylic acids is 1. The molecule has 3 aromatic rings. The van der Waals surface area contributed by atoms with Gasteiger partial charge in [-0.25, -0.2) is 4.98 Å². The number of thioether (sulfide) groups is 1. The molecule has 0 fully saturated rings. The predicted molar refractivity (Wildman–Crippen MR) is 113 cm³/mol. The summed E-state index contributed by atoms with van der Waals surface area (Å²) in [5.74, 6) is 3.00. The molecule has 0 aliphatic heterocycles. The van der Waals surface area contributed by atoms with Crippen LogP contribution in [0, 0.1) is 6.92 Å². The molecule has 0 saturated heterocycles. The minimum absolute atomic E-state index is 0.0193. The van der Waals surface area contributed by atoms with Crippen molar-refractivity contribution in [3.63, 3.8) is 0 Å². The fourth-order valence-electron chi connectivity index (χ4n) is 2.54. The molecule has 0 radical (unpaired) electrons. The number of rotatable bonds is 8. The number of halogens is 1. The molecule has 0 bridgehead atoms. The van der Waals surface area contributed by atoms with Crippen molar-refractivity contribution < 1.29 is 13.9 Å². The fraction of sp³-hybridized carbons (Fsp3) is 0.238. The Morgan fingerprint density at radius 1 is 1.25 bits per heavy atom. The molecular formula is C21H21ClN2O3S. The molecule has 7 heteroatoms. The SMILES string of the molecule is COc1cccc(-c2nc(CSCC(=O)NCc3ccc(Cl)cc3)c(C)o2)c1. The lowest BCUT2D eigenvalue weighted by Crippen LogP contribution is -2.24. The molecule has 0 aliphatic rings. The quantitative estimate of drug-likeness (QED) is 0.568. The van der Waals surface area contributed by atoms with E-state index in [1.807, 2.05) is 55.5 Å². The molecule has 0 aliphatic carbocycles. The van der Waals surface area contributed by atoms with Gasteiger partial charge in [-0.1, -0.05) is 29.8 Å². The summed E-state index contributed by atoms with van der Waals surface area (Å²) in [7, 11) is 1.62. The standard InChI is InChI=1S/C21H21ClN2O3S/c1-14-19(24-21(27-14)16-4-3-5-18(10-16)26-2)12-28-13-20(25)23-11-15-6-8-17(22)9-7-15/h3-10H,11-13H2,1-2H3,(H,23,25). The first-order valence-corrected chi connectivity index (χ1v) is 10.3. The third-order valence-electron chi connectivity index (χ3n) is 4.08. The molecule has 1 heterocycles. The minimum atomic E-state index is -0.0193. The summed E-state index contributed by atoms with van der Waals surface area (Å²) in [6.07, 6.45) is 0. The van der Waals surface area contributed by atoms with Crippen LogP contribution in [0.4, 0.5) is 0 Å². The molecule has 146 valence electrons. The second kappa shape index (κ2) is 9.66. The largest absolute Gasteiger partial charge is 0.497 e. The van der Waals surface area contributed by atoms with E-state index in [1.54, 1.807) is 7.11 Å². The Hall–Kier alpha value is -2.44. The molecular weight excluding hydrogens is 396 g/mol. The molecule has 1 N–H and O–H groups in total. The maximum absolute atomic E-state index is 12.0. The number of hydrogen-bond donors (Lipinski definition) is 1. The topological polar surface area (TPSA) is 64.4 Å². The summed E-state index contributed by atoms with van der Waals surface area (Å²) in [6.45, 7) is 2.37. The van der Waals surface area contributed by atoms with E-state index in [0.717, 1.165) is 28.3 Å². The second-order valence-electron chi connectivity index (χ2n) is 6.15. The van der Waals surface area contributed by atoms with Gasteiger partial charge in [0.25, 0.3) is 0 Å². The van der Waals surface area contributed by atoms with Gasteiger partial charge in [0.2, 0.25) is 11.8 Å². The van der Waals surface area contributed by atoms with Gasteiger partial charge in [0.05, 0.1) is 18.6 Å². The third-order valence-corrected chi connectivity index (χ3v) is 5.28. The van der Waals surface area contributed by atoms with Gasteiger partial charge in [0, 0.05) is 22.9 Å². The highest BCUT2D eigenvalue weighted by atomic mass is 35.5. The normalized spacial score (nSPS) is 10.7. The van der Waals surface area contributed by atoms with E-state index in [9.17, 15) is 4.79 Å². The van der Waals surface area contributed by atoms with E-state index in [0.29, 0.717) is 29.0 Å². The van der Waals surface area contributed by atoms with Crippen molar-refractivity contribution in [3.8, 4) is 17.2 Å². The number of methoxy groups -OCH3 is 1. The monoisotopic (exact) mass is 416 g/mol. The second-order valence-corrected chi connectivity index (χ2v) is 7.57. The number of carbonyl (C=O) groups is 1. The average Bonchev–Trinajstić information content (AvgIpc) is 3.08. The van der Waals surface area contributed by atoms with Crippen molar-refractivity contribution in [2.24, 2.45) is 0 Å². The van der Waals surface area contributed by atoms with Crippen molar-refractivity contribution >= 4 is 29.3 Å². The highest BCUT2D eigenvalue weighted by molar-refractivity contribution is 7.99. The molecule has 0 unspecified atom stereocenters. The van der Waals surface area contributed by atoms with Crippen LogP contribution in [0.25, 0.3) is 11.5 Å². The molecule has 1 amide bonds. The molecule has 0 saturated carbocycles. The van der Waals surface area contributed by atoms with Crippen LogP contribution in [-0.4, -0.2) is 23.8 Å². The van der Waals surface area contributed by atoms with E-state index >= 15 is 0 Å². The summed E-state index contributed by atoms with van der Waals surface area (Å²) >= 11 is 7.36. The number of aromatic nitrogens is 1. The number of ether oxygens (including phenoxy) is 1. The van der Waals surface area contributed by atoms with Crippen molar-refractivity contribution in [2.75, 3.05) is 12.9 Å². The van der Waals surface area contributed by atoms with Crippen molar-refractivity contribution in [1.29, 1.82) is 0 Å². The minimum Gasteiger partial charge on any atom is -0.497 e. The summed E-state index contributed by atoms with van der Waals surface area (Å²) in [6, 6.07) is 15.0. The average molecular weight is 417 g/mol. The zero-order valence-corrected chi connectivity index (χ0v) is 17.3. The Morgan fingerprint density at radius 2 is 2.04 bits per heavy atom. The van der Waals surface area contributed by atoms with Gasteiger partial charge in [-0.3, -0.25) is 4.79 Å². The van der Waals surface area contributed by atoms with Crippen LogP contribution in [0.15, 0.2) is 52.9 Å². The molecule has 28 heavy (non-hydrogen) atoms. The number of amides is 1. The first kappa shape index (κ1) is 20.3. The van der Waals surface area contributed by atoms with Crippen LogP contribution in [0.3, 0.4) is 0 Å². The zero-order valence-electron chi connectivity index (χ0n) is 15.7. The van der Waals surface area contributed by atoms with Crippen LogP contribution in [-0.2, 0) is 17.1 Å². The number of nitrogens with zero attached hydrogens (tertiary/aromatic N) is 1. The maximum atomic E-state index is 12.0. The molecule has 2 aromatic carbocycles. The Balaban J connectivity index is 1.50. The molecule has 0 spiro atoms. The van der Waals surface area contributed by atoms with E-state index in [-0.39, 0.29) is 5.91 Å². The van der Waals surface area contributed by atoms with Crippen LogP contribution in [0.1, 0.15) is 17.0 Å². The van der Waals surface area contributed by atoms with Gasteiger partial charge < -0.3 is 14.5 Å². The van der Waals surface area contributed by atoms with Gasteiger partial charge in [-0.15, -0.1) is 11.8 Å². The lowest BCUT2D eigenvalue weighted by molar-refractivity contribution is -0.118. The number of oxazole rings is 1. The van der Waals surface area contributed by atoms with Crippen molar-refractivity contribution in [2.45, 2.75) is 19.2 Å². The first-order chi connectivity index (χ1) is 13.5. The van der Waals surface area contributed by atoms with Gasteiger partial charge >= 0.3 is 0 Å². The number of aryl methyl sites for hydroxylation is 1. The van der Waals surface area contributed by atoms with Gasteiger partial charge in [0.15, 0.2) is 0 Å². The number of hydrogen-bond acceptors (Lipinski definition) is 5. The zero-order chi connectivity index (χ0) is 19.9. The fourth-order valence-corrected chi connectivity index (χ4v) is 3.51. The molecule has 0 atom stereocenters. The molecule has 3 rings (SSSR count). The highest BCUT2D eigenvalue weighted by Crippen LogP contribution is 2.26. The number of benzene rings is 2. The van der Waals surface area contributed by atoms with Crippen molar-refractivity contribution in [3.05, 3.63) is 70.6 Å². The van der Waals surface area contributed by atoms with E-state index in [4.69, 9.17) is 20.8 Å². The van der Waals surface area contributed by atoms with Gasteiger partial charge in [-0.2, -0.15) is 0 Å². The summed E-state index contributed by atoms with van der Waals surface area (Å²) in [5, 5.41) is 3.58. The lowest BCUT2D eigenvalue weighted by atomic mass is 10.2. The van der Waals surface area contributed by atoms with Gasteiger partial charge in [0.1, 0.15) is 11.5 Å². The third kappa shape index (κ3) is 5.53. The molecule has 1 aromatic heterocycles. The predicted octanol–water partition coefficient (Wildman–Crippen LogP) is 4.86.